The molecule has 6 atom stereocenters. The van der Waals surface area contributed by atoms with Gasteiger partial charge in [0.15, 0.2) is 0 Å². The summed E-state index contributed by atoms with van der Waals surface area (Å²) in [5.41, 5.74) is -3.39. The van der Waals surface area contributed by atoms with Gasteiger partial charge in [-0.1, -0.05) is 32.3 Å². The summed E-state index contributed by atoms with van der Waals surface area (Å²) >= 11 is 0. The summed E-state index contributed by atoms with van der Waals surface area (Å²) in [5.74, 6) is -0.975. The minimum atomic E-state index is -1.47. The molecule has 12 heteroatoms. The minimum absolute atomic E-state index is 0.0454. The Morgan fingerprint density at radius 1 is 1.00 bits per heavy atom. The van der Waals surface area contributed by atoms with Gasteiger partial charge in [0.05, 0.1) is 27.1 Å². The third kappa shape index (κ3) is 3.71. The van der Waals surface area contributed by atoms with Crippen molar-refractivity contribution >= 4 is 29.0 Å². The zero-order valence-electron chi connectivity index (χ0n) is 22.8. The summed E-state index contributed by atoms with van der Waals surface area (Å²) in [6.07, 6.45) is 6.81. The van der Waals surface area contributed by atoms with E-state index in [1.165, 1.54) is 0 Å². The van der Waals surface area contributed by atoms with Crippen molar-refractivity contribution in [2.75, 3.05) is 0 Å². The van der Waals surface area contributed by atoms with Gasteiger partial charge in [0.25, 0.3) is 11.4 Å². The summed E-state index contributed by atoms with van der Waals surface area (Å²) in [6.45, 7) is 6.68. The number of esters is 1. The molecule has 214 valence electrons. The van der Waals surface area contributed by atoms with Crippen LogP contribution in [0.4, 0.5) is 11.4 Å². The van der Waals surface area contributed by atoms with Crippen molar-refractivity contribution in [2.24, 2.45) is 27.8 Å². The monoisotopic (exact) mass is 555 g/mol. The van der Waals surface area contributed by atoms with E-state index in [2.05, 4.69) is 25.9 Å². The highest BCUT2D eigenvalue weighted by molar-refractivity contribution is 6.11. The van der Waals surface area contributed by atoms with E-state index in [-0.39, 0.29) is 28.6 Å². The van der Waals surface area contributed by atoms with Crippen LogP contribution in [-0.4, -0.2) is 44.8 Å². The van der Waals surface area contributed by atoms with Gasteiger partial charge >= 0.3 is 11.9 Å². The number of nitrogens with zero attached hydrogens (tertiary/aromatic N) is 3. The average molecular weight is 556 g/mol. The third-order valence-corrected chi connectivity index (χ3v) is 11.2. The van der Waals surface area contributed by atoms with Crippen molar-refractivity contribution in [3.63, 3.8) is 0 Å². The molecule has 1 aromatic rings. The molecular weight excluding hydrogens is 522 g/mol. The van der Waals surface area contributed by atoms with E-state index in [0.29, 0.717) is 25.2 Å². The zero-order valence-corrected chi connectivity index (χ0v) is 22.8. The summed E-state index contributed by atoms with van der Waals surface area (Å²) in [5, 5.41) is 26.6. The Morgan fingerprint density at radius 3 is 2.30 bits per heavy atom. The number of hydrogen-bond donors (Lipinski definition) is 0. The molecule has 2 heterocycles. The number of carbonyl (C=O) groups is 2. The Balaban J connectivity index is 1.29. The first-order valence-corrected chi connectivity index (χ1v) is 14.0. The summed E-state index contributed by atoms with van der Waals surface area (Å²) in [7, 11) is 0. The maximum absolute atomic E-state index is 14.0. The molecule has 0 radical (unpaired) electrons. The van der Waals surface area contributed by atoms with Crippen molar-refractivity contribution in [3.05, 3.63) is 44.0 Å². The summed E-state index contributed by atoms with van der Waals surface area (Å²) in [4.78, 5) is 52.9. The number of rotatable bonds is 6. The zero-order chi connectivity index (χ0) is 28.7. The number of hydrogen-bond acceptors (Lipinski definition) is 10. The van der Waals surface area contributed by atoms with Gasteiger partial charge in [-0.2, -0.15) is 0 Å². The molecule has 4 bridgehead atoms. The maximum atomic E-state index is 14.0. The van der Waals surface area contributed by atoms with Crippen LogP contribution in [0.1, 0.15) is 88.9 Å². The molecule has 0 N–H and O–H groups in total. The van der Waals surface area contributed by atoms with Gasteiger partial charge in [0.2, 0.25) is 5.60 Å². The SMILES string of the molecule is CC1(C)[C@H]2CC[C@]1(C)[C@H](OC(=O)[C@@]13C[C@@H]4CCC[C@]4(CC/C1=N\OC(=O)c1cc([N+](=O)[O-])cc([N+](=O)[O-])c1)O3)C2. The highest BCUT2D eigenvalue weighted by Crippen LogP contribution is 2.67. The van der Waals surface area contributed by atoms with E-state index in [1.54, 1.807) is 0 Å². The van der Waals surface area contributed by atoms with E-state index in [0.717, 1.165) is 56.7 Å². The first-order chi connectivity index (χ1) is 18.8. The molecule has 0 unspecified atom stereocenters. The van der Waals surface area contributed by atoms with Crippen LogP contribution in [0.25, 0.3) is 0 Å². The lowest BCUT2D eigenvalue weighted by molar-refractivity contribution is -0.394. The van der Waals surface area contributed by atoms with Gasteiger partial charge in [-0.05, 0) is 68.6 Å². The van der Waals surface area contributed by atoms with Crippen LogP contribution >= 0.6 is 0 Å². The molecule has 1 aromatic carbocycles. The molecule has 40 heavy (non-hydrogen) atoms. The molecule has 5 aliphatic rings. The molecule has 3 aliphatic carbocycles. The van der Waals surface area contributed by atoms with Crippen LogP contribution in [0.5, 0.6) is 0 Å². The quantitative estimate of drug-likeness (QED) is 0.197. The largest absolute Gasteiger partial charge is 0.459 e. The lowest BCUT2D eigenvalue weighted by Gasteiger charge is -2.42. The molecule has 3 saturated carbocycles. The predicted molar refractivity (Wildman–Crippen MR) is 139 cm³/mol. The lowest BCUT2D eigenvalue weighted by atomic mass is 9.70. The second-order valence-electron chi connectivity index (χ2n) is 13.0. The Kier molecular flexibility index (Phi) is 5.89. The fraction of sp³-hybridized carbons (Fsp3) is 0.679. The predicted octanol–water partition coefficient (Wildman–Crippen LogP) is 5.27. The smallest absolute Gasteiger partial charge is 0.366 e. The number of oxime groups is 1. The fourth-order valence-corrected chi connectivity index (χ4v) is 8.33. The Bertz CT molecular complexity index is 1330. The second kappa shape index (κ2) is 8.79. The second-order valence-corrected chi connectivity index (χ2v) is 13.0. The Morgan fingerprint density at radius 2 is 1.70 bits per heavy atom. The summed E-state index contributed by atoms with van der Waals surface area (Å²) < 4.78 is 12.9. The molecule has 2 saturated heterocycles. The van der Waals surface area contributed by atoms with Crippen molar-refractivity contribution in [1.29, 1.82) is 0 Å². The molecule has 1 spiro atoms. The van der Waals surface area contributed by atoms with Gasteiger partial charge in [-0.3, -0.25) is 20.2 Å². The average Bonchev–Trinajstić information content (AvgIpc) is 3.53. The van der Waals surface area contributed by atoms with Crippen LogP contribution in [0.2, 0.25) is 0 Å². The standard InChI is InChI=1S/C28H33N3O9/c1-25(2)17-6-9-26(25,3)22(13-17)38-24(33)28-15-18-5-4-8-27(18,40-28)10-7-21(28)29-39-23(32)16-11-19(30(34)35)14-20(12-16)31(36)37/h11-12,14,17-18,22H,4-10,13,15H2,1-3H3/b29-21+/t17-,18-,22+,26+,27+,28+/m0/s1. The number of carbonyl (C=O) groups excluding carboxylic acids is 2. The number of non-ortho nitro benzene ring substituents is 2. The third-order valence-electron chi connectivity index (χ3n) is 11.2. The first-order valence-electron chi connectivity index (χ1n) is 14.0. The number of benzene rings is 1. The van der Waals surface area contributed by atoms with E-state index in [1.807, 2.05) is 0 Å². The normalized spacial score (nSPS) is 37.8. The van der Waals surface area contributed by atoms with Gasteiger partial charge in [-0.25, -0.2) is 9.59 Å². The van der Waals surface area contributed by atoms with Crippen molar-refractivity contribution in [1.82, 2.24) is 0 Å². The van der Waals surface area contributed by atoms with Crippen LogP contribution in [0.3, 0.4) is 0 Å². The van der Waals surface area contributed by atoms with Gasteiger partial charge < -0.3 is 14.3 Å². The molecule has 6 rings (SSSR count). The maximum Gasteiger partial charge on any atom is 0.366 e. The van der Waals surface area contributed by atoms with Crippen LogP contribution < -0.4 is 0 Å². The minimum Gasteiger partial charge on any atom is -0.459 e. The van der Waals surface area contributed by atoms with E-state index < -0.39 is 49.9 Å². The van der Waals surface area contributed by atoms with E-state index in [9.17, 15) is 29.8 Å². The molecule has 5 fully saturated rings. The highest BCUT2D eigenvalue weighted by atomic mass is 16.7. The Labute approximate surface area is 230 Å². The molecule has 0 aromatic heterocycles. The Hall–Kier alpha value is -3.41. The summed E-state index contributed by atoms with van der Waals surface area (Å²) in [6, 6.07) is 2.55. The number of nitro groups is 2. The van der Waals surface area contributed by atoms with Crippen LogP contribution in [0.15, 0.2) is 23.4 Å². The molecule has 2 aliphatic heterocycles. The van der Waals surface area contributed by atoms with Crippen molar-refractivity contribution < 1.29 is 33.7 Å². The molecular formula is C28H33N3O9. The highest BCUT2D eigenvalue weighted by Gasteiger charge is 2.68. The molecule has 12 nitrogen and oxygen atoms in total. The molecule has 0 amide bonds. The number of fused-ring (bicyclic) bond motifs is 3. The van der Waals surface area contributed by atoms with Crippen molar-refractivity contribution in [2.45, 2.75) is 95.9 Å². The fourth-order valence-electron chi connectivity index (χ4n) is 8.33. The van der Waals surface area contributed by atoms with Gasteiger partial charge in [0, 0.05) is 17.5 Å². The topological polar surface area (TPSA) is 160 Å². The van der Waals surface area contributed by atoms with E-state index >= 15 is 0 Å². The number of ether oxygens (including phenoxy) is 2. The van der Waals surface area contributed by atoms with Crippen molar-refractivity contribution in [3.8, 4) is 0 Å². The van der Waals surface area contributed by atoms with E-state index in [4.69, 9.17) is 14.3 Å². The van der Waals surface area contributed by atoms with Crippen LogP contribution in [0, 0.1) is 42.9 Å². The van der Waals surface area contributed by atoms with Gasteiger partial charge in [0.1, 0.15) is 11.8 Å². The first kappa shape index (κ1) is 26.8. The lowest BCUT2D eigenvalue weighted by Crippen LogP contribution is -2.55. The number of nitro benzene ring substituents is 2. The van der Waals surface area contributed by atoms with Gasteiger partial charge in [-0.15, -0.1) is 0 Å². The van der Waals surface area contributed by atoms with Crippen LogP contribution in [-0.2, 0) is 19.1 Å².